The summed E-state index contributed by atoms with van der Waals surface area (Å²) in [6, 6.07) is 59.4. The minimum Gasteiger partial charge on any atom is -0.376 e. The van der Waals surface area contributed by atoms with Crippen LogP contribution in [0.1, 0.15) is 25.0 Å². The van der Waals surface area contributed by atoms with Gasteiger partial charge in [-0.25, -0.2) is 0 Å². The van der Waals surface area contributed by atoms with Crippen molar-refractivity contribution in [3.8, 4) is 5.69 Å². The molecule has 0 amide bonds. The maximum Gasteiger partial charge on any atom is 0.332 e. The summed E-state index contributed by atoms with van der Waals surface area (Å²) in [6.07, 6.45) is 0. The van der Waals surface area contributed by atoms with E-state index in [0.717, 1.165) is 0 Å². The van der Waals surface area contributed by atoms with Gasteiger partial charge in [-0.1, -0.05) is 142 Å². The summed E-state index contributed by atoms with van der Waals surface area (Å²) < 4.78 is 2.47. The maximum absolute atomic E-state index is 2.76. The van der Waals surface area contributed by atoms with Gasteiger partial charge in [0.05, 0.1) is 16.7 Å². The minimum absolute atomic E-state index is 0.0436. The molecule has 0 fully saturated rings. The SMILES string of the molecule is CC1(C)c2ccccc2N2c3ccccc3B(N3c4ccccc4[Si](C)(C)c4ccc5c(c43)c3ccccc3n5-c3ccccc3)c3cccc1c32. The fourth-order valence-electron chi connectivity index (χ4n) is 10.0. The molecule has 248 valence electrons. The second-order valence-corrected chi connectivity index (χ2v) is 20.1. The normalized spacial score (nSPS) is 15.9. The van der Waals surface area contributed by atoms with Gasteiger partial charge in [0.25, 0.3) is 0 Å². The Morgan fingerprint density at radius 1 is 0.500 bits per heavy atom. The minimum atomic E-state index is -2.15. The summed E-state index contributed by atoms with van der Waals surface area (Å²) >= 11 is 0. The molecule has 0 aliphatic carbocycles. The van der Waals surface area contributed by atoms with E-state index in [1.54, 1.807) is 0 Å². The molecule has 8 aromatic rings. The molecule has 4 heterocycles. The van der Waals surface area contributed by atoms with Gasteiger partial charge in [0.1, 0.15) is 8.07 Å². The van der Waals surface area contributed by atoms with Gasteiger partial charge in [0.15, 0.2) is 0 Å². The molecule has 0 atom stereocenters. The molecule has 0 radical (unpaired) electrons. The van der Waals surface area contributed by atoms with Crippen LogP contribution in [0.4, 0.5) is 28.4 Å². The number of hydrogen-bond acceptors (Lipinski definition) is 2. The molecule has 0 N–H and O–H groups in total. The second-order valence-electron chi connectivity index (χ2n) is 15.7. The summed E-state index contributed by atoms with van der Waals surface area (Å²) in [5.74, 6) is 0. The van der Waals surface area contributed by atoms with Gasteiger partial charge in [-0.3, -0.25) is 0 Å². The Kier molecular flexibility index (Phi) is 5.98. The number of para-hydroxylation sites is 6. The molecule has 0 bridgehead atoms. The number of fused-ring (bicyclic) bond motifs is 10. The first-order chi connectivity index (χ1) is 25.4. The molecule has 3 aliphatic heterocycles. The molecule has 0 saturated heterocycles. The smallest absolute Gasteiger partial charge is 0.332 e. The molecular weight excluding hydrogens is 645 g/mol. The molecule has 11 rings (SSSR count). The number of aromatic nitrogens is 1. The average Bonchev–Trinajstić information content (AvgIpc) is 3.52. The molecule has 5 heteroatoms. The van der Waals surface area contributed by atoms with Crippen LogP contribution in [0.15, 0.2) is 158 Å². The molecule has 3 nitrogen and oxygen atoms in total. The Bertz CT molecular complexity index is 2780. The summed E-state index contributed by atoms with van der Waals surface area (Å²) in [4.78, 5) is 5.32. The fourth-order valence-corrected chi connectivity index (χ4v) is 13.0. The zero-order chi connectivity index (χ0) is 34.9. The monoisotopic (exact) mass is 683 g/mol. The highest BCUT2D eigenvalue weighted by Crippen LogP contribution is 2.53. The van der Waals surface area contributed by atoms with Gasteiger partial charge in [-0.2, -0.15) is 0 Å². The molecular formula is C47H38BN3Si. The molecule has 0 unspecified atom stereocenters. The van der Waals surface area contributed by atoms with Gasteiger partial charge in [0, 0.05) is 44.6 Å². The molecule has 0 spiro atoms. The van der Waals surface area contributed by atoms with Gasteiger partial charge >= 0.3 is 6.85 Å². The van der Waals surface area contributed by atoms with Gasteiger partial charge in [-0.05, 0) is 74.9 Å². The van der Waals surface area contributed by atoms with E-state index in [4.69, 9.17) is 0 Å². The van der Waals surface area contributed by atoms with Crippen molar-refractivity contribution < 1.29 is 0 Å². The van der Waals surface area contributed by atoms with E-state index >= 15 is 0 Å². The van der Waals surface area contributed by atoms with Crippen LogP contribution in [0, 0.1) is 0 Å². The number of hydrogen-bond donors (Lipinski definition) is 0. The number of anilines is 5. The van der Waals surface area contributed by atoms with E-state index in [1.807, 2.05) is 0 Å². The van der Waals surface area contributed by atoms with E-state index in [1.165, 1.54) is 88.4 Å². The highest BCUT2D eigenvalue weighted by molar-refractivity contribution is 7.05. The van der Waals surface area contributed by atoms with Crippen LogP contribution in [-0.4, -0.2) is 19.5 Å². The first kappa shape index (κ1) is 29.9. The topological polar surface area (TPSA) is 11.4 Å². The average molecular weight is 684 g/mol. The fraction of sp³-hybridized carbons (Fsp3) is 0.106. The van der Waals surface area contributed by atoms with Crippen LogP contribution in [-0.2, 0) is 5.41 Å². The van der Waals surface area contributed by atoms with Crippen molar-refractivity contribution in [3.05, 3.63) is 169 Å². The van der Waals surface area contributed by atoms with Crippen molar-refractivity contribution in [2.24, 2.45) is 0 Å². The third kappa shape index (κ3) is 3.71. The molecule has 7 aromatic carbocycles. The largest absolute Gasteiger partial charge is 0.376 e. The van der Waals surface area contributed by atoms with Gasteiger partial charge in [-0.15, -0.1) is 0 Å². The van der Waals surface area contributed by atoms with E-state index in [9.17, 15) is 0 Å². The van der Waals surface area contributed by atoms with Crippen molar-refractivity contribution in [1.29, 1.82) is 0 Å². The highest BCUT2D eigenvalue weighted by Gasteiger charge is 2.49. The van der Waals surface area contributed by atoms with Crippen molar-refractivity contribution in [2.75, 3.05) is 9.71 Å². The van der Waals surface area contributed by atoms with Crippen LogP contribution in [0.3, 0.4) is 0 Å². The lowest BCUT2D eigenvalue weighted by Gasteiger charge is -2.50. The summed E-state index contributed by atoms with van der Waals surface area (Å²) in [5.41, 5.74) is 15.5. The van der Waals surface area contributed by atoms with E-state index < -0.39 is 8.07 Å². The summed E-state index contributed by atoms with van der Waals surface area (Å²) in [6.45, 7) is 9.85. The van der Waals surface area contributed by atoms with E-state index in [2.05, 4.69) is 199 Å². The van der Waals surface area contributed by atoms with Crippen molar-refractivity contribution in [1.82, 2.24) is 4.57 Å². The quantitative estimate of drug-likeness (QED) is 0.168. The third-order valence-electron chi connectivity index (χ3n) is 12.4. The number of nitrogens with zero attached hydrogens (tertiary/aromatic N) is 3. The zero-order valence-electron chi connectivity index (χ0n) is 29.9. The van der Waals surface area contributed by atoms with E-state index in [0.29, 0.717) is 0 Å². The van der Waals surface area contributed by atoms with Gasteiger partial charge in [0.2, 0.25) is 0 Å². The first-order valence-corrected chi connectivity index (χ1v) is 21.5. The van der Waals surface area contributed by atoms with Crippen molar-refractivity contribution in [3.63, 3.8) is 0 Å². The molecule has 1 aromatic heterocycles. The predicted molar refractivity (Wildman–Crippen MR) is 224 cm³/mol. The maximum atomic E-state index is 2.76. The summed E-state index contributed by atoms with van der Waals surface area (Å²) in [7, 11) is -2.15. The number of benzene rings is 7. The van der Waals surface area contributed by atoms with Crippen LogP contribution in [0.25, 0.3) is 27.5 Å². The van der Waals surface area contributed by atoms with Gasteiger partial charge < -0.3 is 14.3 Å². The van der Waals surface area contributed by atoms with Crippen LogP contribution in [0.5, 0.6) is 0 Å². The highest BCUT2D eigenvalue weighted by atomic mass is 28.3. The Morgan fingerprint density at radius 2 is 1.15 bits per heavy atom. The standard InChI is InChI=1S/C47H38BN3Si/c1-47(2)33-20-9-12-25-38(33)50-39-26-13-10-22-35(39)48(36-23-16-21-34(47)45(36)50)51-40-27-14-15-28-42(40)52(3,4)43-30-29-41-44(46(43)51)32-19-8-11-24-37(32)49(41)31-17-6-5-7-18-31/h5-30H,1-4H3. The zero-order valence-corrected chi connectivity index (χ0v) is 30.9. The van der Waals surface area contributed by atoms with E-state index in [-0.39, 0.29) is 12.3 Å². The van der Waals surface area contributed by atoms with Crippen LogP contribution < -0.4 is 31.0 Å². The predicted octanol–water partition coefficient (Wildman–Crippen LogP) is 9.29. The Morgan fingerprint density at radius 3 is 2.00 bits per heavy atom. The van der Waals surface area contributed by atoms with Crippen molar-refractivity contribution in [2.45, 2.75) is 32.4 Å². The molecule has 0 saturated carbocycles. The van der Waals surface area contributed by atoms with Crippen molar-refractivity contribution >= 4 is 86.5 Å². The first-order valence-electron chi connectivity index (χ1n) is 18.5. The molecule has 52 heavy (non-hydrogen) atoms. The lowest BCUT2D eigenvalue weighted by Crippen LogP contribution is -2.67. The number of rotatable bonds is 2. The lowest BCUT2D eigenvalue weighted by molar-refractivity contribution is 0.632. The Hall–Kier alpha value is -5.78. The second kappa shape index (κ2) is 10.4. The van der Waals surface area contributed by atoms with Crippen LogP contribution >= 0.6 is 0 Å². The summed E-state index contributed by atoms with van der Waals surface area (Å²) in [5, 5.41) is 5.61. The Labute approximate surface area is 306 Å². The third-order valence-corrected chi connectivity index (χ3v) is 15.9. The molecule has 3 aliphatic rings. The van der Waals surface area contributed by atoms with Crippen LogP contribution in [0.2, 0.25) is 13.1 Å². The Balaban J connectivity index is 1.29. The lowest BCUT2D eigenvalue weighted by atomic mass is 9.45.